The monoisotopic (exact) mass is 518 g/mol. The van der Waals surface area contributed by atoms with E-state index >= 15 is 0 Å². The number of nitrogens with one attached hydrogen (secondary N) is 2. The zero-order valence-electron chi connectivity index (χ0n) is 19.9. The number of hydrogen-bond acceptors (Lipinski definition) is 7. The lowest BCUT2D eigenvalue weighted by molar-refractivity contribution is -0.133. The van der Waals surface area contributed by atoms with Crippen LogP contribution in [0.5, 0.6) is 0 Å². The summed E-state index contributed by atoms with van der Waals surface area (Å²) in [6, 6.07) is 13.3. The largest absolute Gasteiger partial charge is 0.465 e. The van der Waals surface area contributed by atoms with Crippen molar-refractivity contribution in [3.8, 4) is 0 Å². The van der Waals surface area contributed by atoms with Gasteiger partial charge in [0.1, 0.15) is 0 Å². The van der Waals surface area contributed by atoms with Crippen molar-refractivity contribution in [3.63, 3.8) is 0 Å². The number of rotatable bonds is 5. The molecule has 0 saturated carbocycles. The Morgan fingerprint density at radius 3 is 2.36 bits per heavy atom. The average molecular weight is 519 g/mol. The first-order chi connectivity index (χ1) is 16.9. The summed E-state index contributed by atoms with van der Waals surface area (Å²) in [4.78, 5) is 39.7. The molecule has 0 unspecified atom stereocenters. The predicted octanol–water partition coefficient (Wildman–Crippen LogP) is 2.81. The number of amides is 3. The van der Waals surface area contributed by atoms with Crippen molar-refractivity contribution in [2.24, 2.45) is 5.92 Å². The molecule has 1 fully saturated rings. The van der Waals surface area contributed by atoms with Crippen LogP contribution in [0.15, 0.2) is 53.4 Å². The topological polar surface area (TPSA) is 163 Å². The Morgan fingerprint density at radius 2 is 1.72 bits per heavy atom. The van der Waals surface area contributed by atoms with E-state index in [0.717, 1.165) is 16.2 Å². The number of likely N-dealkylation sites (tertiary alicyclic amines) is 1. The molecule has 1 saturated heterocycles. The van der Waals surface area contributed by atoms with Crippen LogP contribution in [0.1, 0.15) is 29.8 Å². The van der Waals surface area contributed by atoms with Crippen LogP contribution >= 0.6 is 10.6 Å². The minimum atomic E-state index is -2.98. The number of nitrogens with zero attached hydrogens (tertiary/aromatic N) is 2. The number of para-hydroxylation sites is 1. The van der Waals surface area contributed by atoms with Gasteiger partial charge in [-0.2, -0.15) is 10.6 Å². The van der Waals surface area contributed by atoms with Crippen LogP contribution in [0.3, 0.4) is 0 Å². The van der Waals surface area contributed by atoms with Gasteiger partial charge in [-0.25, -0.2) is 10.3 Å². The van der Waals surface area contributed by atoms with Crippen LogP contribution in [0, 0.1) is 5.92 Å². The summed E-state index contributed by atoms with van der Waals surface area (Å²) in [5.41, 5.74) is 3.54. The Balaban J connectivity index is 1.47. The van der Waals surface area contributed by atoms with E-state index in [1.165, 1.54) is 5.48 Å². The summed E-state index contributed by atoms with van der Waals surface area (Å²) in [6.45, 7) is 4.39. The zero-order chi connectivity index (χ0) is 26.3. The predicted molar refractivity (Wildman–Crippen MR) is 133 cm³/mol. The average Bonchev–Trinajstić information content (AvgIpc) is 3.26. The maximum atomic E-state index is 12.8. The standard InChI is InChI=1S/C24H30N4O7S/c1-24(2)14-28(19-5-3-4-6-20(19)36(24,34)35)11-15-7-9-16(10-8-15)21(29)25-18-13-27(23(31)32)12-17(18)22(30)26-33/h3-10,17-18,33-35H,11-14H2,1-2H3,(H,25,29)(H,26,30)(H,31,32)/t17-,18+/m0/s1. The number of hydroxylamine groups is 1. The van der Waals surface area contributed by atoms with Gasteiger partial charge in [0.05, 0.1) is 27.3 Å². The third kappa shape index (κ3) is 4.72. The van der Waals surface area contributed by atoms with Gasteiger partial charge < -0.3 is 20.2 Å². The van der Waals surface area contributed by atoms with Gasteiger partial charge in [0.2, 0.25) is 5.91 Å². The van der Waals surface area contributed by atoms with Crippen LogP contribution in [0.25, 0.3) is 0 Å². The number of benzene rings is 2. The number of fused-ring (bicyclic) bond motifs is 1. The molecule has 0 aliphatic carbocycles. The van der Waals surface area contributed by atoms with Gasteiger partial charge in [-0.15, -0.1) is 0 Å². The van der Waals surface area contributed by atoms with Crippen molar-refractivity contribution in [1.29, 1.82) is 0 Å². The van der Waals surface area contributed by atoms with Crippen molar-refractivity contribution in [3.05, 3.63) is 59.7 Å². The van der Waals surface area contributed by atoms with Crippen molar-refractivity contribution in [2.45, 2.75) is 36.1 Å². The van der Waals surface area contributed by atoms with Crippen LogP contribution in [-0.4, -0.2) is 72.6 Å². The highest BCUT2D eigenvalue weighted by molar-refractivity contribution is 8.25. The summed E-state index contributed by atoms with van der Waals surface area (Å²) in [5, 5.41) is 20.9. The molecule has 6 N–H and O–H groups in total. The minimum absolute atomic E-state index is 0.0689. The van der Waals surface area contributed by atoms with Crippen LogP contribution in [0.4, 0.5) is 10.5 Å². The first kappa shape index (κ1) is 25.8. The Morgan fingerprint density at radius 1 is 1.06 bits per heavy atom. The fourth-order valence-corrected chi connectivity index (χ4v) is 6.41. The van der Waals surface area contributed by atoms with Gasteiger partial charge >= 0.3 is 6.09 Å². The molecule has 2 heterocycles. The third-order valence-corrected chi connectivity index (χ3v) is 9.43. The molecule has 2 aliphatic heterocycles. The number of carbonyl (C=O) groups excluding carboxylic acids is 2. The minimum Gasteiger partial charge on any atom is -0.465 e. The van der Waals surface area contributed by atoms with Gasteiger partial charge in [-0.3, -0.25) is 23.9 Å². The molecule has 0 spiro atoms. The molecule has 11 nitrogen and oxygen atoms in total. The van der Waals surface area contributed by atoms with Crippen LogP contribution in [-0.2, 0) is 11.3 Å². The van der Waals surface area contributed by atoms with Crippen molar-refractivity contribution in [1.82, 2.24) is 15.7 Å². The van der Waals surface area contributed by atoms with E-state index in [1.54, 1.807) is 36.4 Å². The third-order valence-electron chi connectivity index (χ3n) is 6.80. The zero-order valence-corrected chi connectivity index (χ0v) is 20.7. The molecular weight excluding hydrogens is 488 g/mol. The van der Waals surface area contributed by atoms with Gasteiger partial charge in [0.25, 0.3) is 5.91 Å². The smallest absolute Gasteiger partial charge is 0.407 e. The van der Waals surface area contributed by atoms with Gasteiger partial charge in [0, 0.05) is 31.7 Å². The molecule has 0 bridgehead atoms. The van der Waals surface area contributed by atoms with Crippen LogP contribution in [0.2, 0.25) is 0 Å². The van der Waals surface area contributed by atoms with E-state index in [4.69, 9.17) is 5.21 Å². The summed E-state index contributed by atoms with van der Waals surface area (Å²) in [7, 11) is -2.98. The quantitative estimate of drug-likeness (QED) is 0.260. The van der Waals surface area contributed by atoms with Crippen LogP contribution < -0.4 is 15.7 Å². The first-order valence-electron chi connectivity index (χ1n) is 11.4. The molecule has 3 amide bonds. The lowest BCUT2D eigenvalue weighted by Crippen LogP contribution is -2.46. The molecular formula is C24H30N4O7S. The Bertz CT molecular complexity index is 1170. The summed E-state index contributed by atoms with van der Waals surface area (Å²) in [5.74, 6) is -2.14. The van der Waals surface area contributed by atoms with Gasteiger partial charge in [-0.1, -0.05) is 24.3 Å². The fourth-order valence-electron chi connectivity index (χ4n) is 4.72. The molecule has 2 aliphatic rings. The second-order valence-electron chi connectivity index (χ2n) is 9.68. The fraction of sp³-hybridized carbons (Fsp3) is 0.375. The van der Waals surface area contributed by atoms with E-state index in [0.29, 0.717) is 23.5 Å². The van der Waals surface area contributed by atoms with Crippen molar-refractivity contribution < 1.29 is 33.8 Å². The van der Waals surface area contributed by atoms with E-state index in [9.17, 15) is 28.6 Å². The summed E-state index contributed by atoms with van der Waals surface area (Å²) >= 11 is 0. The first-order valence-corrected chi connectivity index (χ1v) is 12.9. The second-order valence-corrected chi connectivity index (χ2v) is 12.3. The Kier molecular flexibility index (Phi) is 6.88. The Hall–Kier alpha value is -3.32. The second kappa shape index (κ2) is 9.62. The lowest BCUT2D eigenvalue weighted by atomic mass is 10.0. The van der Waals surface area contributed by atoms with Crippen molar-refractivity contribution >= 4 is 34.2 Å². The van der Waals surface area contributed by atoms with E-state index in [-0.39, 0.29) is 13.1 Å². The molecule has 2 aromatic rings. The molecule has 194 valence electrons. The number of anilines is 1. The highest BCUT2D eigenvalue weighted by Gasteiger charge is 2.44. The molecule has 4 rings (SSSR count). The molecule has 0 aromatic heterocycles. The van der Waals surface area contributed by atoms with Crippen molar-refractivity contribution in [2.75, 3.05) is 24.5 Å². The SMILES string of the molecule is CC1(C)CN(Cc2ccc(C(=O)N[C@@H]3CN(C(=O)O)C[C@@H]3C(=O)NO)cc2)c2ccccc2S1(O)O. The van der Waals surface area contributed by atoms with Gasteiger partial charge in [0.15, 0.2) is 0 Å². The number of carbonyl (C=O) groups is 3. The highest BCUT2D eigenvalue weighted by Crippen LogP contribution is 2.64. The summed E-state index contributed by atoms with van der Waals surface area (Å²) < 4.78 is 21.0. The molecule has 2 atom stereocenters. The lowest BCUT2D eigenvalue weighted by Gasteiger charge is -2.54. The summed E-state index contributed by atoms with van der Waals surface area (Å²) in [6.07, 6.45) is -1.21. The molecule has 0 radical (unpaired) electrons. The molecule has 12 heteroatoms. The Labute approximate surface area is 210 Å². The highest BCUT2D eigenvalue weighted by atomic mass is 32.3. The van der Waals surface area contributed by atoms with E-state index < -0.39 is 45.2 Å². The van der Waals surface area contributed by atoms with Gasteiger partial charge in [-0.05, 0) is 43.7 Å². The molecule has 36 heavy (non-hydrogen) atoms. The maximum Gasteiger partial charge on any atom is 0.407 e. The number of carboxylic acid groups (broad SMARTS) is 1. The van der Waals surface area contributed by atoms with E-state index in [1.807, 2.05) is 26.0 Å². The normalized spacial score (nSPS) is 22.9. The molecule has 2 aromatic carbocycles. The number of hydrogen-bond donors (Lipinski definition) is 6. The van der Waals surface area contributed by atoms with E-state index in [2.05, 4.69) is 10.2 Å². The maximum absolute atomic E-state index is 12.8.